The molecule has 0 aliphatic carbocycles. The minimum atomic E-state index is -2.41. The molecule has 1 N–H and O–H groups in total. The Morgan fingerprint density at radius 1 is 1.17 bits per heavy atom. The average Bonchev–Trinajstić information content (AvgIpc) is 1.97. The third-order valence-corrected chi connectivity index (χ3v) is 1.91. The van der Waals surface area contributed by atoms with Gasteiger partial charge in [-0.25, -0.2) is 13.2 Å². The van der Waals surface area contributed by atoms with Crippen LogP contribution in [-0.2, 0) is 20.3 Å². The Morgan fingerprint density at radius 2 is 1.75 bits per heavy atom. The fraction of sp³-hybridized carbons (Fsp3) is 0.667. The number of aliphatic carboxylic acids is 1. The highest BCUT2D eigenvalue weighted by molar-refractivity contribution is 7.72. The van der Waals surface area contributed by atoms with Crippen LogP contribution in [0.1, 0.15) is 19.3 Å². The van der Waals surface area contributed by atoms with E-state index in [0.29, 0.717) is 12.8 Å². The van der Waals surface area contributed by atoms with Crippen LogP contribution < -0.4 is 0 Å². The number of hydrogen-bond donors (Lipinski definition) is 2. The summed E-state index contributed by atoms with van der Waals surface area (Å²) in [5.74, 6) is -2.31. The molecule has 0 aliphatic rings. The van der Waals surface area contributed by atoms with Crippen molar-refractivity contribution in [2.75, 3.05) is 5.75 Å². The second-order valence-electron chi connectivity index (χ2n) is 2.24. The quantitative estimate of drug-likeness (QED) is 0.335. The van der Waals surface area contributed by atoms with Crippen molar-refractivity contribution in [3.05, 3.63) is 0 Å². The monoisotopic (exact) mass is 194 g/mol. The van der Waals surface area contributed by atoms with Gasteiger partial charge in [-0.3, -0.25) is 4.79 Å². The van der Waals surface area contributed by atoms with Gasteiger partial charge in [-0.15, -0.1) is 0 Å². The van der Waals surface area contributed by atoms with Gasteiger partial charge in [-0.1, -0.05) is 0 Å². The normalized spacial score (nSPS) is 10.1. The molecule has 0 atom stereocenters. The molecule has 0 aliphatic heterocycles. The first kappa shape index (κ1) is 11.1. The standard InChI is InChI=1S/C6H10O5S/c7-5(6(8)9)3-1-2-4-12(10)11/h12H,1-4H2,(H,8,9). The molecular formula is C6H10O5S. The molecule has 0 heterocycles. The van der Waals surface area contributed by atoms with Crippen LogP contribution in [0, 0.1) is 0 Å². The zero-order valence-corrected chi connectivity index (χ0v) is 7.25. The first-order chi connectivity index (χ1) is 5.54. The average molecular weight is 194 g/mol. The fourth-order valence-electron chi connectivity index (χ4n) is 0.633. The van der Waals surface area contributed by atoms with Crippen molar-refractivity contribution in [3.8, 4) is 0 Å². The highest BCUT2D eigenvalue weighted by Gasteiger charge is 2.09. The van der Waals surface area contributed by atoms with Crippen molar-refractivity contribution in [2.24, 2.45) is 0 Å². The zero-order chi connectivity index (χ0) is 9.56. The van der Waals surface area contributed by atoms with Crippen molar-refractivity contribution in [3.63, 3.8) is 0 Å². The van der Waals surface area contributed by atoms with E-state index in [1.54, 1.807) is 0 Å². The summed E-state index contributed by atoms with van der Waals surface area (Å²) in [6.07, 6.45) is 0.574. The largest absolute Gasteiger partial charge is 0.476 e. The van der Waals surface area contributed by atoms with Gasteiger partial charge in [0.05, 0.1) is 0 Å². The molecule has 0 aromatic rings. The topological polar surface area (TPSA) is 88.5 Å². The summed E-state index contributed by atoms with van der Waals surface area (Å²) in [7, 11) is -2.41. The lowest BCUT2D eigenvalue weighted by molar-refractivity contribution is -0.149. The number of unbranched alkanes of at least 4 members (excludes halogenated alkanes) is 1. The molecule has 0 radical (unpaired) electrons. The number of carbonyl (C=O) groups is 2. The summed E-state index contributed by atoms with van der Waals surface area (Å²) >= 11 is 0. The van der Waals surface area contributed by atoms with E-state index in [1.807, 2.05) is 0 Å². The summed E-state index contributed by atoms with van der Waals surface area (Å²) in [6, 6.07) is 0. The predicted octanol–water partition coefficient (Wildman–Crippen LogP) is -0.578. The number of carboxylic acids is 1. The van der Waals surface area contributed by atoms with E-state index in [0.717, 1.165) is 0 Å². The van der Waals surface area contributed by atoms with Gasteiger partial charge < -0.3 is 5.11 Å². The molecule has 0 saturated carbocycles. The molecule has 0 aromatic heterocycles. The van der Waals surface area contributed by atoms with E-state index in [4.69, 9.17) is 5.11 Å². The maximum absolute atomic E-state index is 10.4. The van der Waals surface area contributed by atoms with E-state index in [-0.39, 0.29) is 12.2 Å². The Bertz CT molecular complexity index is 234. The Kier molecular flexibility index (Phi) is 5.27. The summed E-state index contributed by atoms with van der Waals surface area (Å²) in [5.41, 5.74) is 0. The van der Waals surface area contributed by atoms with E-state index in [9.17, 15) is 18.0 Å². The molecule has 0 spiro atoms. The number of Topliss-reactive ketones (excluding diaryl/α,β-unsaturated/α-hetero) is 1. The number of rotatable bonds is 6. The van der Waals surface area contributed by atoms with Crippen LogP contribution in [0.25, 0.3) is 0 Å². The van der Waals surface area contributed by atoms with Gasteiger partial charge in [0.1, 0.15) is 10.7 Å². The molecule has 5 nitrogen and oxygen atoms in total. The Balaban J connectivity index is 3.44. The van der Waals surface area contributed by atoms with Gasteiger partial charge in [0, 0.05) is 12.2 Å². The highest BCUT2D eigenvalue weighted by atomic mass is 32.2. The maximum atomic E-state index is 10.4. The number of hydrogen-bond acceptors (Lipinski definition) is 4. The predicted molar refractivity (Wildman–Crippen MR) is 41.7 cm³/mol. The van der Waals surface area contributed by atoms with Gasteiger partial charge >= 0.3 is 5.97 Å². The molecule has 0 unspecified atom stereocenters. The van der Waals surface area contributed by atoms with Crippen molar-refractivity contribution >= 4 is 22.5 Å². The summed E-state index contributed by atoms with van der Waals surface area (Å²) in [5, 5.41) is 8.12. The lowest BCUT2D eigenvalue weighted by Gasteiger charge is -1.92. The Labute approximate surface area is 71.3 Å². The number of carboxylic acid groups (broad SMARTS) is 1. The molecule has 0 bridgehead atoms. The maximum Gasteiger partial charge on any atom is 0.372 e. The molecule has 0 amide bonds. The summed E-state index contributed by atoms with van der Waals surface area (Å²) in [6.45, 7) is 0. The van der Waals surface area contributed by atoms with Crippen LogP contribution in [-0.4, -0.2) is 31.0 Å². The first-order valence-corrected chi connectivity index (χ1v) is 4.78. The molecular weight excluding hydrogens is 184 g/mol. The van der Waals surface area contributed by atoms with Crippen LogP contribution in [0.15, 0.2) is 0 Å². The van der Waals surface area contributed by atoms with Gasteiger partial charge in [-0.05, 0) is 12.8 Å². The third kappa shape index (κ3) is 5.84. The van der Waals surface area contributed by atoms with Gasteiger partial charge in [0.2, 0.25) is 5.78 Å². The Morgan fingerprint density at radius 3 is 2.17 bits per heavy atom. The van der Waals surface area contributed by atoms with Crippen molar-refractivity contribution in [2.45, 2.75) is 19.3 Å². The molecule has 0 aromatic carbocycles. The van der Waals surface area contributed by atoms with Crippen LogP contribution in [0.2, 0.25) is 0 Å². The van der Waals surface area contributed by atoms with E-state index in [1.165, 1.54) is 0 Å². The molecule has 0 saturated heterocycles. The smallest absolute Gasteiger partial charge is 0.372 e. The molecule has 0 rings (SSSR count). The number of carbonyl (C=O) groups excluding carboxylic acids is 1. The van der Waals surface area contributed by atoms with Crippen LogP contribution >= 0.6 is 0 Å². The van der Waals surface area contributed by atoms with Gasteiger partial charge in [0.25, 0.3) is 0 Å². The molecule has 0 fully saturated rings. The zero-order valence-electron chi connectivity index (χ0n) is 6.36. The molecule has 12 heavy (non-hydrogen) atoms. The second-order valence-corrected chi connectivity index (χ2v) is 3.35. The third-order valence-electron chi connectivity index (χ3n) is 1.23. The van der Waals surface area contributed by atoms with Crippen LogP contribution in [0.5, 0.6) is 0 Å². The number of thiol groups is 1. The van der Waals surface area contributed by atoms with Crippen molar-refractivity contribution < 1.29 is 23.1 Å². The molecule has 70 valence electrons. The SMILES string of the molecule is O=C(O)C(=O)CCCC[SH](=O)=O. The van der Waals surface area contributed by atoms with E-state index >= 15 is 0 Å². The first-order valence-electron chi connectivity index (χ1n) is 3.42. The minimum absolute atomic E-state index is 0.0161. The van der Waals surface area contributed by atoms with Gasteiger partial charge in [0.15, 0.2) is 0 Å². The number of ketones is 1. The summed E-state index contributed by atoms with van der Waals surface area (Å²) in [4.78, 5) is 20.4. The van der Waals surface area contributed by atoms with Gasteiger partial charge in [-0.2, -0.15) is 0 Å². The fourth-order valence-corrected chi connectivity index (χ4v) is 1.12. The lowest BCUT2D eigenvalue weighted by atomic mass is 10.2. The van der Waals surface area contributed by atoms with Crippen LogP contribution in [0.3, 0.4) is 0 Å². The highest BCUT2D eigenvalue weighted by Crippen LogP contribution is 1.96. The van der Waals surface area contributed by atoms with E-state index < -0.39 is 22.5 Å². The minimum Gasteiger partial charge on any atom is -0.476 e. The summed E-state index contributed by atoms with van der Waals surface area (Å²) < 4.78 is 20.0. The Hall–Kier alpha value is -0.910. The lowest BCUT2D eigenvalue weighted by Crippen LogP contribution is -2.11. The van der Waals surface area contributed by atoms with Crippen molar-refractivity contribution in [1.82, 2.24) is 0 Å². The molecule has 6 heteroatoms. The second kappa shape index (κ2) is 5.70. The van der Waals surface area contributed by atoms with E-state index in [2.05, 4.69) is 0 Å². The van der Waals surface area contributed by atoms with Crippen molar-refractivity contribution in [1.29, 1.82) is 0 Å². The van der Waals surface area contributed by atoms with Crippen LogP contribution in [0.4, 0.5) is 0 Å².